The molecule has 0 fully saturated rings. The average molecular weight is 362 g/mol. The highest BCUT2D eigenvalue weighted by Crippen LogP contribution is 2.24. The van der Waals surface area contributed by atoms with Gasteiger partial charge in [0.05, 0.1) is 10.6 Å². The molecule has 0 aliphatic carbocycles. The average Bonchev–Trinajstić information content (AvgIpc) is 2.61. The van der Waals surface area contributed by atoms with Crippen LogP contribution in [0.15, 0.2) is 64.4 Å². The third kappa shape index (κ3) is 4.70. The van der Waals surface area contributed by atoms with Gasteiger partial charge < -0.3 is 5.32 Å². The Morgan fingerprint density at radius 3 is 2.38 bits per heavy atom. The largest absolute Gasteiger partial charge is 0.321 e. The third-order valence-corrected chi connectivity index (χ3v) is 5.48. The predicted octanol–water partition coefficient (Wildman–Crippen LogP) is 2.97. The molecule has 0 unspecified atom stereocenters. The van der Waals surface area contributed by atoms with Gasteiger partial charge in [-0.15, -0.1) is 11.8 Å². The second-order valence-corrected chi connectivity index (χ2v) is 7.53. The maximum atomic E-state index is 12.0. The number of benzene rings is 2. The lowest BCUT2D eigenvalue weighted by Gasteiger charge is -2.07. The van der Waals surface area contributed by atoms with E-state index in [-0.39, 0.29) is 10.8 Å². The minimum atomic E-state index is -3.45. The fraction of sp³-hybridized carbons (Fsp3) is 0.118. The van der Waals surface area contributed by atoms with Crippen molar-refractivity contribution in [3.05, 3.63) is 60.2 Å². The first kappa shape index (κ1) is 18.3. The van der Waals surface area contributed by atoms with Crippen LogP contribution in [0.1, 0.15) is 5.56 Å². The van der Waals surface area contributed by atoms with Gasteiger partial charge in [-0.1, -0.05) is 24.3 Å². The zero-order chi connectivity index (χ0) is 17.6. The zero-order valence-corrected chi connectivity index (χ0v) is 14.9. The van der Waals surface area contributed by atoms with E-state index >= 15 is 0 Å². The van der Waals surface area contributed by atoms with Crippen LogP contribution < -0.4 is 10.0 Å². The monoisotopic (exact) mass is 362 g/mol. The molecule has 0 bridgehead atoms. The lowest BCUT2D eigenvalue weighted by Crippen LogP contribution is -2.18. The number of sulfonamides is 1. The van der Waals surface area contributed by atoms with Crippen LogP contribution in [0, 0.1) is 0 Å². The summed E-state index contributed by atoms with van der Waals surface area (Å²) in [6, 6.07) is 13.8. The van der Waals surface area contributed by atoms with Crippen LogP contribution >= 0.6 is 11.8 Å². The summed E-state index contributed by atoms with van der Waals surface area (Å²) in [7, 11) is -2.09. The highest BCUT2D eigenvalue weighted by molar-refractivity contribution is 7.98. The molecule has 1 amide bonds. The maximum Gasteiger partial charge on any atom is 0.248 e. The molecule has 126 valence electrons. The molecule has 0 saturated heterocycles. The first-order chi connectivity index (χ1) is 11.5. The fourth-order valence-corrected chi connectivity index (χ4v) is 3.25. The van der Waals surface area contributed by atoms with Crippen molar-refractivity contribution >= 4 is 39.5 Å². The molecule has 0 aliphatic heterocycles. The Morgan fingerprint density at radius 2 is 1.75 bits per heavy atom. The number of thioether (sulfide) groups is 1. The normalized spacial score (nSPS) is 11.6. The van der Waals surface area contributed by atoms with E-state index in [1.807, 2.05) is 30.5 Å². The van der Waals surface area contributed by atoms with Gasteiger partial charge in [-0.3, -0.25) is 4.79 Å². The number of para-hydroxylation sites is 1. The van der Waals surface area contributed by atoms with E-state index < -0.39 is 10.0 Å². The van der Waals surface area contributed by atoms with Gasteiger partial charge in [0.25, 0.3) is 0 Å². The summed E-state index contributed by atoms with van der Waals surface area (Å²) in [5, 5.41) is 2.82. The molecule has 2 aromatic rings. The molecule has 0 aliphatic rings. The van der Waals surface area contributed by atoms with Crippen LogP contribution in [0.4, 0.5) is 5.69 Å². The van der Waals surface area contributed by atoms with Crippen LogP contribution in [0.3, 0.4) is 0 Å². The first-order valence-electron chi connectivity index (χ1n) is 7.12. The van der Waals surface area contributed by atoms with E-state index in [1.165, 1.54) is 25.3 Å². The van der Waals surface area contributed by atoms with E-state index in [0.717, 1.165) is 16.1 Å². The number of anilines is 1. The number of carbonyl (C=O) groups excluding carboxylic acids is 1. The Kier molecular flexibility index (Phi) is 6.19. The molecule has 2 rings (SSSR count). The second kappa shape index (κ2) is 8.14. The van der Waals surface area contributed by atoms with Gasteiger partial charge >= 0.3 is 0 Å². The molecule has 0 radical (unpaired) electrons. The van der Waals surface area contributed by atoms with Crippen molar-refractivity contribution in [2.24, 2.45) is 0 Å². The van der Waals surface area contributed by atoms with E-state index in [4.69, 9.17) is 0 Å². The van der Waals surface area contributed by atoms with Crippen molar-refractivity contribution in [2.45, 2.75) is 9.79 Å². The molecule has 7 heteroatoms. The van der Waals surface area contributed by atoms with E-state index in [0.29, 0.717) is 0 Å². The van der Waals surface area contributed by atoms with Crippen molar-refractivity contribution in [1.29, 1.82) is 0 Å². The van der Waals surface area contributed by atoms with Gasteiger partial charge in [-0.25, -0.2) is 13.1 Å². The topological polar surface area (TPSA) is 75.3 Å². The molecule has 0 aromatic heterocycles. The molecule has 0 saturated carbocycles. The second-order valence-electron chi connectivity index (χ2n) is 4.80. The van der Waals surface area contributed by atoms with E-state index in [2.05, 4.69) is 10.0 Å². The molecule has 5 nitrogen and oxygen atoms in total. The minimum Gasteiger partial charge on any atom is -0.321 e. The van der Waals surface area contributed by atoms with Gasteiger partial charge in [0.1, 0.15) is 0 Å². The number of hydrogen-bond donors (Lipinski definition) is 2. The van der Waals surface area contributed by atoms with Crippen LogP contribution in [0.25, 0.3) is 6.08 Å². The molecule has 0 spiro atoms. The number of nitrogens with one attached hydrogen (secondary N) is 2. The standard InChI is InChI=1S/C17H18N2O3S2/c1-18-24(21,22)14-10-7-13(8-11-14)9-12-17(20)19-15-5-3-4-6-16(15)23-2/h3-12,18H,1-2H3,(H,19,20)/b12-9+. The summed E-state index contributed by atoms with van der Waals surface area (Å²) in [5.41, 5.74) is 1.49. The Hall–Kier alpha value is -2.09. The number of amides is 1. The number of carbonyl (C=O) groups is 1. The van der Waals surface area contributed by atoms with E-state index in [1.54, 1.807) is 30.0 Å². The van der Waals surface area contributed by atoms with Crippen LogP contribution in [0.5, 0.6) is 0 Å². The minimum absolute atomic E-state index is 0.181. The Labute approximate surface area is 146 Å². The predicted molar refractivity (Wildman–Crippen MR) is 98.6 cm³/mol. The molecule has 2 aromatic carbocycles. The van der Waals surface area contributed by atoms with Crippen molar-refractivity contribution in [1.82, 2.24) is 4.72 Å². The fourth-order valence-electron chi connectivity index (χ4n) is 1.97. The molecule has 0 heterocycles. The number of rotatable bonds is 6. The molecule has 0 atom stereocenters. The van der Waals surface area contributed by atoms with Crippen LogP contribution in [0.2, 0.25) is 0 Å². The van der Waals surface area contributed by atoms with Crippen LogP contribution in [-0.2, 0) is 14.8 Å². The molecule has 24 heavy (non-hydrogen) atoms. The summed E-state index contributed by atoms with van der Waals surface area (Å²) in [4.78, 5) is 13.2. The first-order valence-corrected chi connectivity index (χ1v) is 9.83. The van der Waals surface area contributed by atoms with Gasteiger partial charge in [-0.2, -0.15) is 0 Å². The van der Waals surface area contributed by atoms with Crippen molar-refractivity contribution in [3.63, 3.8) is 0 Å². The summed E-state index contributed by atoms with van der Waals surface area (Å²) in [6.07, 6.45) is 4.99. The quantitative estimate of drug-likeness (QED) is 0.612. The van der Waals surface area contributed by atoms with E-state index in [9.17, 15) is 13.2 Å². The van der Waals surface area contributed by atoms with Gasteiger partial charge in [0.15, 0.2) is 0 Å². The van der Waals surface area contributed by atoms with Crippen LogP contribution in [-0.4, -0.2) is 27.6 Å². The Morgan fingerprint density at radius 1 is 1.08 bits per heavy atom. The van der Waals surface area contributed by atoms with Crippen molar-refractivity contribution in [2.75, 3.05) is 18.6 Å². The molecule has 2 N–H and O–H groups in total. The highest BCUT2D eigenvalue weighted by Gasteiger charge is 2.09. The zero-order valence-electron chi connectivity index (χ0n) is 13.3. The summed E-state index contributed by atoms with van der Waals surface area (Å²) >= 11 is 1.56. The van der Waals surface area contributed by atoms with Gasteiger partial charge in [-0.05, 0) is 49.2 Å². The molecular weight excluding hydrogens is 344 g/mol. The van der Waals surface area contributed by atoms with Gasteiger partial charge in [0, 0.05) is 11.0 Å². The summed E-state index contributed by atoms with van der Waals surface area (Å²) in [6.45, 7) is 0. The van der Waals surface area contributed by atoms with Gasteiger partial charge in [0.2, 0.25) is 15.9 Å². The highest BCUT2D eigenvalue weighted by atomic mass is 32.2. The summed E-state index contributed by atoms with van der Waals surface area (Å²) in [5.74, 6) is -0.247. The lowest BCUT2D eigenvalue weighted by molar-refractivity contribution is -0.111. The third-order valence-electron chi connectivity index (χ3n) is 3.25. The lowest BCUT2D eigenvalue weighted by atomic mass is 10.2. The maximum absolute atomic E-state index is 12.0. The molecular formula is C17H18N2O3S2. The number of hydrogen-bond acceptors (Lipinski definition) is 4. The summed E-state index contributed by atoms with van der Waals surface area (Å²) < 4.78 is 25.5. The SMILES string of the molecule is CNS(=O)(=O)c1ccc(/C=C/C(=O)Nc2ccccc2SC)cc1. The Balaban J connectivity index is 2.06. The van der Waals surface area contributed by atoms with Crippen molar-refractivity contribution < 1.29 is 13.2 Å². The Bertz CT molecular complexity index is 844. The van der Waals surface area contributed by atoms with Crippen molar-refractivity contribution in [3.8, 4) is 0 Å². The smallest absolute Gasteiger partial charge is 0.248 e.